The van der Waals surface area contributed by atoms with Crippen LogP contribution in [0.4, 0.5) is 18.9 Å². The molecule has 0 aromatic heterocycles. The zero-order valence-corrected chi connectivity index (χ0v) is 14.9. The molecule has 0 saturated carbocycles. The zero-order valence-electron chi connectivity index (χ0n) is 14.9. The molecular formula is C22H14F3NO3. The lowest BCUT2D eigenvalue weighted by molar-refractivity contribution is -0.260. The predicted octanol–water partition coefficient (Wildman–Crippen LogP) is 4.81. The molecule has 1 amide bonds. The van der Waals surface area contributed by atoms with E-state index in [-0.39, 0.29) is 5.69 Å². The summed E-state index contributed by atoms with van der Waals surface area (Å²) in [5.41, 5.74) is -3.25. The number of hydrogen-bond donors (Lipinski definition) is 1. The van der Waals surface area contributed by atoms with Crippen LogP contribution in [0.25, 0.3) is 16.8 Å². The molecule has 1 aliphatic rings. The van der Waals surface area contributed by atoms with Crippen molar-refractivity contribution in [3.63, 3.8) is 0 Å². The second-order valence-electron chi connectivity index (χ2n) is 6.51. The fourth-order valence-corrected chi connectivity index (χ4v) is 3.38. The molecule has 3 aromatic carbocycles. The van der Waals surface area contributed by atoms with E-state index in [1.807, 2.05) is 0 Å². The fourth-order valence-electron chi connectivity index (χ4n) is 3.38. The minimum Gasteiger partial charge on any atom is -0.431 e. The molecule has 0 spiro atoms. The van der Waals surface area contributed by atoms with Gasteiger partial charge in [-0.25, -0.2) is 4.79 Å². The van der Waals surface area contributed by atoms with Crippen LogP contribution in [0.2, 0.25) is 0 Å². The molecule has 3 aromatic rings. The van der Waals surface area contributed by atoms with Gasteiger partial charge in [-0.1, -0.05) is 66.7 Å². The minimum atomic E-state index is -5.15. The van der Waals surface area contributed by atoms with Crippen molar-refractivity contribution in [2.75, 3.05) is 5.32 Å². The number of esters is 1. The normalized spacial score (nSPS) is 18.7. The number of amides is 1. The van der Waals surface area contributed by atoms with Crippen LogP contribution < -0.4 is 5.32 Å². The number of ether oxygens (including phenoxy) is 1. The highest BCUT2D eigenvalue weighted by atomic mass is 19.4. The molecule has 1 atom stereocenters. The lowest BCUT2D eigenvalue weighted by Crippen LogP contribution is -2.51. The van der Waals surface area contributed by atoms with Crippen molar-refractivity contribution in [2.24, 2.45) is 0 Å². The predicted molar refractivity (Wildman–Crippen MR) is 102 cm³/mol. The van der Waals surface area contributed by atoms with Gasteiger partial charge < -0.3 is 10.1 Å². The Labute approximate surface area is 163 Å². The Balaban J connectivity index is 1.78. The largest absolute Gasteiger partial charge is 0.442 e. The molecule has 4 rings (SSSR count). The van der Waals surface area contributed by atoms with Gasteiger partial charge in [0.25, 0.3) is 5.91 Å². The summed E-state index contributed by atoms with van der Waals surface area (Å²) in [6, 6.07) is 17.9. The van der Waals surface area contributed by atoms with Crippen molar-refractivity contribution in [3.8, 4) is 0 Å². The summed E-state index contributed by atoms with van der Waals surface area (Å²) in [7, 11) is 0. The summed E-state index contributed by atoms with van der Waals surface area (Å²) in [4.78, 5) is 24.8. The number of halogens is 3. The molecule has 0 saturated heterocycles. The topological polar surface area (TPSA) is 55.4 Å². The summed E-state index contributed by atoms with van der Waals surface area (Å²) in [6.45, 7) is 0. The summed E-state index contributed by atoms with van der Waals surface area (Å²) in [5.74, 6) is -2.72. The van der Waals surface area contributed by atoms with E-state index in [1.54, 1.807) is 54.6 Å². The van der Waals surface area contributed by atoms with Gasteiger partial charge >= 0.3 is 17.7 Å². The Kier molecular flexibility index (Phi) is 4.38. The van der Waals surface area contributed by atoms with Gasteiger partial charge in [-0.15, -0.1) is 0 Å². The van der Waals surface area contributed by atoms with Gasteiger partial charge in [0.15, 0.2) is 0 Å². The zero-order chi connectivity index (χ0) is 20.6. The van der Waals surface area contributed by atoms with Gasteiger partial charge in [0, 0.05) is 17.0 Å². The van der Waals surface area contributed by atoms with Crippen LogP contribution >= 0.6 is 0 Å². The highest BCUT2D eigenvalue weighted by Gasteiger charge is 2.68. The van der Waals surface area contributed by atoms with Gasteiger partial charge in [-0.2, -0.15) is 13.2 Å². The maximum absolute atomic E-state index is 14.1. The summed E-state index contributed by atoms with van der Waals surface area (Å²) >= 11 is 0. The number of hydrogen-bond acceptors (Lipinski definition) is 3. The van der Waals surface area contributed by atoms with Crippen LogP contribution in [-0.2, 0) is 19.9 Å². The van der Waals surface area contributed by atoms with Crippen molar-refractivity contribution in [1.29, 1.82) is 0 Å². The Bertz CT molecular complexity index is 1140. The number of fused-ring (bicyclic) bond motifs is 3. The van der Waals surface area contributed by atoms with Crippen LogP contribution in [0.3, 0.4) is 0 Å². The number of anilines is 1. The summed E-state index contributed by atoms with van der Waals surface area (Å²) in [5, 5.41) is 3.34. The van der Waals surface area contributed by atoms with Gasteiger partial charge in [0.05, 0.1) is 5.69 Å². The number of carbonyl (C=O) groups excluding carboxylic acids is 2. The van der Waals surface area contributed by atoms with E-state index < -0.39 is 29.2 Å². The highest BCUT2D eigenvalue weighted by Crippen LogP contribution is 2.51. The second-order valence-corrected chi connectivity index (χ2v) is 6.51. The molecular weight excluding hydrogens is 383 g/mol. The Morgan fingerprint density at radius 3 is 2.38 bits per heavy atom. The number of nitrogens with one attached hydrogen (secondary N) is 1. The number of benzene rings is 3. The van der Waals surface area contributed by atoms with Crippen LogP contribution in [0.15, 0.2) is 72.8 Å². The van der Waals surface area contributed by atoms with Crippen LogP contribution in [-0.4, -0.2) is 18.1 Å². The monoisotopic (exact) mass is 397 g/mol. The van der Waals surface area contributed by atoms with E-state index in [0.717, 1.165) is 12.1 Å². The van der Waals surface area contributed by atoms with Gasteiger partial charge in [-0.05, 0) is 17.0 Å². The van der Waals surface area contributed by atoms with Crippen molar-refractivity contribution in [1.82, 2.24) is 0 Å². The molecule has 0 aliphatic carbocycles. The number of alkyl halides is 3. The summed E-state index contributed by atoms with van der Waals surface area (Å²) < 4.78 is 47.1. The lowest BCUT2D eigenvalue weighted by Gasteiger charge is -2.29. The Morgan fingerprint density at radius 2 is 1.66 bits per heavy atom. The summed E-state index contributed by atoms with van der Waals surface area (Å²) in [6.07, 6.45) is -2.96. The molecule has 0 bridgehead atoms. The molecule has 4 nitrogen and oxygen atoms in total. The van der Waals surface area contributed by atoms with Crippen molar-refractivity contribution >= 4 is 34.4 Å². The van der Waals surface area contributed by atoms with E-state index in [4.69, 9.17) is 4.74 Å². The Hall–Kier alpha value is -3.61. The first-order valence-corrected chi connectivity index (χ1v) is 8.69. The molecule has 146 valence electrons. The molecule has 0 radical (unpaired) electrons. The molecule has 29 heavy (non-hydrogen) atoms. The van der Waals surface area contributed by atoms with E-state index in [2.05, 4.69) is 5.32 Å². The third-order valence-corrected chi connectivity index (χ3v) is 4.73. The average Bonchev–Trinajstić information content (AvgIpc) is 3.00. The maximum Gasteiger partial charge on any atom is 0.442 e. The number of rotatable bonds is 3. The second kappa shape index (κ2) is 6.77. The standard InChI is InChI=1S/C22H14F3NO3/c23-22(24,25)21(29-18(27)13-10-14-6-2-1-3-7-14)17-12-11-15-8-4-5-9-16(15)19(17)26-20(21)28/h1-13H,(H,26,28)/b13-10+. The first-order valence-electron chi connectivity index (χ1n) is 8.69. The quantitative estimate of drug-likeness (QED) is 0.510. The third-order valence-electron chi connectivity index (χ3n) is 4.73. The van der Waals surface area contributed by atoms with Crippen LogP contribution in [0.1, 0.15) is 11.1 Å². The Morgan fingerprint density at radius 1 is 0.966 bits per heavy atom. The molecule has 1 unspecified atom stereocenters. The van der Waals surface area contributed by atoms with E-state index in [1.165, 1.54) is 12.1 Å². The smallest absolute Gasteiger partial charge is 0.431 e. The van der Waals surface area contributed by atoms with Crippen LogP contribution in [0.5, 0.6) is 0 Å². The average molecular weight is 397 g/mol. The fraction of sp³-hybridized carbons (Fsp3) is 0.0909. The maximum atomic E-state index is 14.1. The van der Waals surface area contributed by atoms with E-state index in [9.17, 15) is 22.8 Å². The molecule has 7 heteroatoms. The SMILES string of the molecule is O=C(/C=C/c1ccccc1)OC1(C(F)(F)F)C(=O)Nc2c1ccc1ccccc21. The minimum absolute atomic E-state index is 0.00901. The molecule has 1 aliphatic heterocycles. The molecule has 0 fully saturated rings. The number of carbonyl (C=O) groups is 2. The van der Waals surface area contributed by atoms with Crippen molar-refractivity contribution < 1.29 is 27.5 Å². The van der Waals surface area contributed by atoms with Crippen molar-refractivity contribution in [3.05, 3.63) is 83.9 Å². The lowest BCUT2D eigenvalue weighted by atomic mass is 9.92. The third kappa shape index (κ3) is 3.04. The molecule has 1 N–H and O–H groups in total. The van der Waals surface area contributed by atoms with Gasteiger partial charge in [0.2, 0.25) is 0 Å². The van der Waals surface area contributed by atoms with Crippen LogP contribution in [0, 0.1) is 0 Å². The first kappa shape index (κ1) is 18.7. The molecule has 1 heterocycles. The highest BCUT2D eigenvalue weighted by molar-refractivity contribution is 6.14. The van der Waals surface area contributed by atoms with Gasteiger partial charge in [-0.3, -0.25) is 4.79 Å². The van der Waals surface area contributed by atoms with Gasteiger partial charge in [0.1, 0.15) is 0 Å². The van der Waals surface area contributed by atoms with E-state index in [0.29, 0.717) is 16.3 Å². The van der Waals surface area contributed by atoms with E-state index >= 15 is 0 Å². The first-order chi connectivity index (χ1) is 13.8. The van der Waals surface area contributed by atoms with Crippen molar-refractivity contribution in [2.45, 2.75) is 11.8 Å².